The van der Waals surface area contributed by atoms with Gasteiger partial charge in [0, 0.05) is 18.9 Å². The van der Waals surface area contributed by atoms with Crippen LogP contribution in [0.2, 0.25) is 0 Å². The molecule has 0 aromatic carbocycles. The van der Waals surface area contributed by atoms with Crippen molar-refractivity contribution in [1.82, 2.24) is 19.6 Å². The maximum absolute atomic E-state index is 12.8. The molecule has 0 aliphatic rings. The van der Waals surface area contributed by atoms with Crippen LogP contribution < -0.4 is 0 Å². The van der Waals surface area contributed by atoms with Crippen molar-refractivity contribution in [2.75, 3.05) is 26.2 Å². The van der Waals surface area contributed by atoms with E-state index in [9.17, 15) is 4.79 Å². The fourth-order valence-corrected chi connectivity index (χ4v) is 4.16. The Morgan fingerprint density at radius 2 is 1.32 bits per heavy atom. The van der Waals surface area contributed by atoms with Gasteiger partial charge >= 0.3 is 6.09 Å². The van der Waals surface area contributed by atoms with Gasteiger partial charge in [0.2, 0.25) is 0 Å². The summed E-state index contributed by atoms with van der Waals surface area (Å²) >= 11 is 0. The summed E-state index contributed by atoms with van der Waals surface area (Å²) in [4.78, 5) is 17.2. The van der Waals surface area contributed by atoms with E-state index in [4.69, 9.17) is 4.74 Å². The van der Waals surface area contributed by atoms with Crippen LogP contribution in [-0.2, 0) is 11.4 Å². The van der Waals surface area contributed by atoms with Crippen molar-refractivity contribution < 1.29 is 9.53 Å². The number of unbranched alkanes of at least 4 members (excludes halogenated alkanes) is 10. The van der Waals surface area contributed by atoms with Gasteiger partial charge in [-0.15, -0.1) is 0 Å². The summed E-state index contributed by atoms with van der Waals surface area (Å²) in [5.74, 6) is 0. The highest BCUT2D eigenvalue weighted by atomic mass is 16.6. The number of carbonyl (C=O) groups is 1. The number of amides is 1. The lowest BCUT2D eigenvalue weighted by Crippen LogP contribution is -2.39. The molecule has 1 aromatic heterocycles. The first-order valence-corrected chi connectivity index (χ1v) is 14.0. The fourth-order valence-electron chi connectivity index (χ4n) is 4.16. The Hall–Kier alpha value is -1.56. The van der Waals surface area contributed by atoms with E-state index in [0.29, 0.717) is 13.2 Å². The second kappa shape index (κ2) is 18.7. The zero-order chi connectivity index (χ0) is 25.1. The summed E-state index contributed by atoms with van der Waals surface area (Å²) in [6.07, 6.45) is 20.3. The van der Waals surface area contributed by atoms with Crippen LogP contribution in [0.4, 0.5) is 4.79 Å². The van der Waals surface area contributed by atoms with Crippen molar-refractivity contribution in [3.8, 4) is 0 Å². The van der Waals surface area contributed by atoms with Gasteiger partial charge in [-0.2, -0.15) is 5.10 Å². The molecule has 1 aromatic rings. The zero-order valence-corrected chi connectivity index (χ0v) is 23.1. The average molecular weight is 479 g/mol. The van der Waals surface area contributed by atoms with Gasteiger partial charge in [-0.25, -0.2) is 4.79 Å². The first kappa shape index (κ1) is 30.5. The lowest BCUT2D eigenvalue weighted by atomic mass is 10.1. The smallest absolute Gasteiger partial charge is 0.411 e. The third-order valence-electron chi connectivity index (χ3n) is 6.08. The molecule has 6 heteroatoms. The number of nitrogens with zero attached hydrogens (tertiary/aromatic N) is 4. The number of carbonyl (C=O) groups excluding carboxylic acids is 1. The van der Waals surface area contributed by atoms with Crippen LogP contribution in [0.15, 0.2) is 18.5 Å². The SMILES string of the molecule is CCCCCCCCN(CCCCCCCC)CCCN(Cn1cccn1)C(=O)OC(C)(C)C. The Morgan fingerprint density at radius 1 is 0.794 bits per heavy atom. The summed E-state index contributed by atoms with van der Waals surface area (Å²) in [7, 11) is 0. The monoisotopic (exact) mass is 478 g/mol. The summed E-state index contributed by atoms with van der Waals surface area (Å²) < 4.78 is 7.45. The molecule has 0 saturated heterocycles. The van der Waals surface area contributed by atoms with Crippen molar-refractivity contribution >= 4 is 6.09 Å². The minimum atomic E-state index is -0.499. The third kappa shape index (κ3) is 16.1. The van der Waals surface area contributed by atoms with Gasteiger partial charge in [-0.3, -0.25) is 9.58 Å². The van der Waals surface area contributed by atoms with Crippen LogP contribution in [0.1, 0.15) is 118 Å². The van der Waals surface area contributed by atoms with Crippen LogP contribution in [0, 0.1) is 0 Å². The standard InChI is InChI=1S/C28H54N4O2/c1-6-8-10-12-14-16-21-30(22-17-15-13-11-9-7-2)23-19-24-31(26-32-25-18-20-29-32)27(33)34-28(3,4)5/h18,20,25H,6-17,19,21-24,26H2,1-5H3. The normalized spacial score (nSPS) is 11.8. The van der Waals surface area contributed by atoms with E-state index in [2.05, 4.69) is 23.8 Å². The molecule has 0 fully saturated rings. The van der Waals surface area contributed by atoms with Crippen LogP contribution in [-0.4, -0.2) is 57.5 Å². The maximum atomic E-state index is 12.8. The Balaban J connectivity index is 2.53. The minimum Gasteiger partial charge on any atom is -0.444 e. The van der Waals surface area contributed by atoms with Gasteiger partial charge in [-0.05, 0) is 65.7 Å². The van der Waals surface area contributed by atoms with E-state index in [1.807, 2.05) is 33.0 Å². The molecule has 0 N–H and O–H groups in total. The first-order valence-electron chi connectivity index (χ1n) is 14.0. The predicted molar refractivity (Wildman–Crippen MR) is 143 cm³/mol. The summed E-state index contributed by atoms with van der Waals surface area (Å²) in [5, 5.41) is 4.28. The Bertz CT molecular complexity index is 582. The van der Waals surface area contributed by atoms with E-state index in [1.54, 1.807) is 15.8 Å². The van der Waals surface area contributed by atoms with E-state index in [1.165, 1.54) is 90.1 Å². The number of ether oxygens (including phenoxy) is 1. The fraction of sp³-hybridized carbons (Fsp3) is 0.857. The molecule has 1 rings (SSSR count). The summed E-state index contributed by atoms with van der Waals surface area (Å²) in [6, 6.07) is 1.88. The molecule has 0 atom stereocenters. The zero-order valence-electron chi connectivity index (χ0n) is 23.1. The molecule has 0 unspecified atom stereocenters. The van der Waals surface area contributed by atoms with Crippen LogP contribution in [0.25, 0.3) is 0 Å². The first-order chi connectivity index (χ1) is 16.4. The van der Waals surface area contributed by atoms with Crippen LogP contribution in [0.3, 0.4) is 0 Å². The molecule has 0 saturated carbocycles. The van der Waals surface area contributed by atoms with Crippen LogP contribution in [0.5, 0.6) is 0 Å². The Labute approximate surface area is 210 Å². The number of aromatic nitrogens is 2. The lowest BCUT2D eigenvalue weighted by Gasteiger charge is -2.28. The van der Waals surface area contributed by atoms with Gasteiger partial charge in [0.15, 0.2) is 0 Å². The van der Waals surface area contributed by atoms with Crippen molar-refractivity contribution in [2.45, 2.75) is 130 Å². The van der Waals surface area contributed by atoms with Gasteiger partial charge in [0.25, 0.3) is 0 Å². The van der Waals surface area contributed by atoms with E-state index in [-0.39, 0.29) is 6.09 Å². The second-order valence-electron chi connectivity index (χ2n) is 10.7. The molecular formula is C28H54N4O2. The topological polar surface area (TPSA) is 50.6 Å². The average Bonchev–Trinajstić information content (AvgIpc) is 3.29. The molecule has 6 nitrogen and oxygen atoms in total. The van der Waals surface area contributed by atoms with E-state index < -0.39 is 5.60 Å². The molecule has 1 heterocycles. The Kier molecular flexibility index (Phi) is 16.8. The Morgan fingerprint density at radius 3 is 1.82 bits per heavy atom. The predicted octanol–water partition coefficient (Wildman–Crippen LogP) is 7.49. The maximum Gasteiger partial charge on any atom is 0.411 e. The lowest BCUT2D eigenvalue weighted by molar-refractivity contribution is 0.0170. The van der Waals surface area contributed by atoms with Gasteiger partial charge in [0.05, 0.1) is 0 Å². The van der Waals surface area contributed by atoms with Gasteiger partial charge < -0.3 is 9.64 Å². The minimum absolute atomic E-state index is 0.263. The highest BCUT2D eigenvalue weighted by Crippen LogP contribution is 2.13. The number of hydrogen-bond acceptors (Lipinski definition) is 4. The summed E-state index contributed by atoms with van der Waals surface area (Å²) in [5.41, 5.74) is -0.499. The van der Waals surface area contributed by atoms with E-state index in [0.717, 1.165) is 13.0 Å². The molecular weight excluding hydrogens is 424 g/mol. The van der Waals surface area contributed by atoms with Crippen molar-refractivity contribution in [3.63, 3.8) is 0 Å². The highest BCUT2D eigenvalue weighted by molar-refractivity contribution is 5.67. The number of rotatable bonds is 20. The largest absolute Gasteiger partial charge is 0.444 e. The van der Waals surface area contributed by atoms with Crippen molar-refractivity contribution in [1.29, 1.82) is 0 Å². The molecule has 0 aliphatic carbocycles. The third-order valence-corrected chi connectivity index (χ3v) is 6.08. The van der Waals surface area contributed by atoms with Crippen molar-refractivity contribution in [2.24, 2.45) is 0 Å². The summed E-state index contributed by atoms with van der Waals surface area (Å²) in [6.45, 7) is 14.8. The van der Waals surface area contributed by atoms with Gasteiger partial charge in [0.1, 0.15) is 12.3 Å². The van der Waals surface area contributed by atoms with Crippen molar-refractivity contribution in [3.05, 3.63) is 18.5 Å². The molecule has 1 amide bonds. The molecule has 0 radical (unpaired) electrons. The molecule has 0 aliphatic heterocycles. The van der Waals surface area contributed by atoms with Gasteiger partial charge in [-0.1, -0.05) is 78.1 Å². The van der Waals surface area contributed by atoms with E-state index >= 15 is 0 Å². The molecule has 198 valence electrons. The molecule has 34 heavy (non-hydrogen) atoms. The second-order valence-corrected chi connectivity index (χ2v) is 10.7. The van der Waals surface area contributed by atoms with Crippen LogP contribution >= 0.6 is 0 Å². The number of hydrogen-bond donors (Lipinski definition) is 0. The molecule has 0 spiro atoms. The molecule has 0 bridgehead atoms. The quantitative estimate of drug-likeness (QED) is 0.182. The highest BCUT2D eigenvalue weighted by Gasteiger charge is 2.22.